The van der Waals surface area contributed by atoms with Crippen molar-refractivity contribution in [3.63, 3.8) is 0 Å². The Morgan fingerprint density at radius 2 is 2.11 bits per heavy atom. The molecular weight excluding hydrogens is 257 g/mol. The zero-order valence-electron chi connectivity index (χ0n) is 9.60. The zero-order chi connectivity index (χ0) is 13.1. The first-order valence-electron chi connectivity index (χ1n) is 5.32. The molecular formula is C13H11ClFNO2. The maximum Gasteiger partial charge on any atom is 0.147 e. The number of pyridine rings is 1. The summed E-state index contributed by atoms with van der Waals surface area (Å²) >= 11 is 5.79. The van der Waals surface area contributed by atoms with Gasteiger partial charge in [0.05, 0.1) is 17.3 Å². The molecule has 0 bridgehead atoms. The highest BCUT2D eigenvalue weighted by atomic mass is 35.5. The van der Waals surface area contributed by atoms with E-state index in [0.717, 1.165) is 0 Å². The minimum Gasteiger partial charge on any atom is -0.455 e. The molecule has 3 nitrogen and oxygen atoms in total. The van der Waals surface area contributed by atoms with Crippen LogP contribution in [0.15, 0.2) is 36.7 Å². The molecule has 1 N–H and O–H groups in total. The van der Waals surface area contributed by atoms with Crippen molar-refractivity contribution in [2.24, 2.45) is 0 Å². The van der Waals surface area contributed by atoms with Crippen molar-refractivity contribution in [1.82, 2.24) is 4.98 Å². The fourth-order valence-electron chi connectivity index (χ4n) is 1.51. The van der Waals surface area contributed by atoms with Gasteiger partial charge in [0, 0.05) is 17.8 Å². The third-order valence-corrected chi connectivity index (χ3v) is 2.54. The van der Waals surface area contributed by atoms with E-state index in [-0.39, 0.29) is 0 Å². The average molecular weight is 268 g/mol. The SMILES string of the molecule is C[C@@H](O)c1cc(F)ccc1Oc1cncc(Cl)c1. The summed E-state index contributed by atoms with van der Waals surface area (Å²) in [4.78, 5) is 3.88. The highest BCUT2D eigenvalue weighted by molar-refractivity contribution is 6.30. The van der Waals surface area contributed by atoms with E-state index in [1.54, 1.807) is 6.07 Å². The lowest BCUT2D eigenvalue weighted by Gasteiger charge is -2.13. The van der Waals surface area contributed by atoms with Crippen molar-refractivity contribution >= 4 is 11.6 Å². The molecule has 1 aromatic carbocycles. The number of aromatic nitrogens is 1. The fourth-order valence-corrected chi connectivity index (χ4v) is 1.68. The smallest absolute Gasteiger partial charge is 0.147 e. The van der Waals surface area contributed by atoms with Crippen molar-refractivity contribution in [2.75, 3.05) is 0 Å². The molecule has 0 saturated heterocycles. The van der Waals surface area contributed by atoms with E-state index in [1.807, 2.05) is 0 Å². The Bertz CT molecular complexity index is 560. The first kappa shape index (κ1) is 12.8. The lowest BCUT2D eigenvalue weighted by molar-refractivity contribution is 0.195. The fraction of sp³-hybridized carbons (Fsp3) is 0.154. The molecule has 94 valence electrons. The second-order valence-electron chi connectivity index (χ2n) is 3.80. The van der Waals surface area contributed by atoms with Gasteiger partial charge in [-0.3, -0.25) is 4.98 Å². The average Bonchev–Trinajstić information content (AvgIpc) is 2.31. The van der Waals surface area contributed by atoms with Gasteiger partial charge >= 0.3 is 0 Å². The van der Waals surface area contributed by atoms with E-state index < -0.39 is 11.9 Å². The molecule has 2 aromatic rings. The first-order valence-corrected chi connectivity index (χ1v) is 5.70. The third kappa shape index (κ3) is 2.97. The molecule has 0 fully saturated rings. The monoisotopic (exact) mass is 267 g/mol. The Balaban J connectivity index is 2.34. The standard InChI is InChI=1S/C13H11ClFNO2/c1-8(17)12-5-10(15)2-3-13(12)18-11-4-9(14)6-16-7-11/h2-8,17H,1H3/t8-/m1/s1. The number of halogens is 2. The van der Waals surface area contributed by atoms with E-state index in [0.29, 0.717) is 22.1 Å². The number of hydrogen-bond acceptors (Lipinski definition) is 3. The topological polar surface area (TPSA) is 42.4 Å². The van der Waals surface area contributed by atoms with Crippen LogP contribution in [0, 0.1) is 5.82 Å². The minimum atomic E-state index is -0.831. The second-order valence-corrected chi connectivity index (χ2v) is 4.24. The lowest BCUT2D eigenvalue weighted by atomic mass is 10.1. The van der Waals surface area contributed by atoms with Gasteiger partial charge in [-0.05, 0) is 25.1 Å². The predicted octanol–water partition coefficient (Wildman–Crippen LogP) is 3.72. The summed E-state index contributed by atoms with van der Waals surface area (Å²) in [5.41, 5.74) is 0.370. The van der Waals surface area contributed by atoms with E-state index in [2.05, 4.69) is 4.98 Å². The molecule has 5 heteroatoms. The van der Waals surface area contributed by atoms with Crippen LogP contribution in [0.1, 0.15) is 18.6 Å². The molecule has 1 atom stereocenters. The van der Waals surface area contributed by atoms with Crippen molar-refractivity contribution < 1.29 is 14.2 Å². The molecule has 0 radical (unpaired) electrons. The van der Waals surface area contributed by atoms with Gasteiger partial charge in [-0.2, -0.15) is 0 Å². The third-order valence-electron chi connectivity index (χ3n) is 2.33. The second kappa shape index (κ2) is 5.33. The van der Waals surface area contributed by atoms with Crippen LogP contribution >= 0.6 is 11.6 Å². The van der Waals surface area contributed by atoms with Gasteiger partial charge in [0.25, 0.3) is 0 Å². The van der Waals surface area contributed by atoms with Gasteiger partial charge in [0.1, 0.15) is 17.3 Å². The van der Waals surface area contributed by atoms with Crippen molar-refractivity contribution in [1.29, 1.82) is 0 Å². The Kier molecular flexibility index (Phi) is 3.79. The normalized spacial score (nSPS) is 12.2. The number of aliphatic hydroxyl groups is 1. The zero-order valence-corrected chi connectivity index (χ0v) is 10.4. The van der Waals surface area contributed by atoms with Crippen LogP contribution in [0.5, 0.6) is 11.5 Å². The molecule has 18 heavy (non-hydrogen) atoms. The highest BCUT2D eigenvalue weighted by Crippen LogP contribution is 2.30. The summed E-state index contributed by atoms with van der Waals surface area (Å²) in [6.45, 7) is 1.54. The number of benzene rings is 1. The maximum atomic E-state index is 13.1. The molecule has 0 amide bonds. The van der Waals surface area contributed by atoms with Crippen LogP contribution in [0.3, 0.4) is 0 Å². The van der Waals surface area contributed by atoms with Gasteiger partial charge in [-0.15, -0.1) is 0 Å². The largest absolute Gasteiger partial charge is 0.455 e. The molecule has 0 saturated carbocycles. The predicted molar refractivity (Wildman–Crippen MR) is 66.4 cm³/mol. The maximum absolute atomic E-state index is 13.1. The van der Waals surface area contributed by atoms with Crippen molar-refractivity contribution in [3.8, 4) is 11.5 Å². The molecule has 0 aliphatic carbocycles. The molecule has 1 aromatic heterocycles. The molecule has 2 rings (SSSR count). The van der Waals surface area contributed by atoms with E-state index in [9.17, 15) is 9.50 Å². The summed E-state index contributed by atoms with van der Waals surface area (Å²) < 4.78 is 18.6. The summed E-state index contributed by atoms with van der Waals surface area (Å²) in [7, 11) is 0. The van der Waals surface area contributed by atoms with Crippen LogP contribution in [0.2, 0.25) is 5.02 Å². The van der Waals surface area contributed by atoms with Gasteiger partial charge in [-0.25, -0.2) is 4.39 Å². The number of nitrogens with zero attached hydrogens (tertiary/aromatic N) is 1. The number of ether oxygens (including phenoxy) is 1. The van der Waals surface area contributed by atoms with E-state index in [1.165, 1.54) is 37.5 Å². The quantitative estimate of drug-likeness (QED) is 0.922. The number of rotatable bonds is 3. The number of aliphatic hydroxyl groups excluding tert-OH is 1. The van der Waals surface area contributed by atoms with E-state index >= 15 is 0 Å². The van der Waals surface area contributed by atoms with Gasteiger partial charge in [0.15, 0.2) is 0 Å². The van der Waals surface area contributed by atoms with Crippen molar-refractivity contribution in [2.45, 2.75) is 13.0 Å². The highest BCUT2D eigenvalue weighted by Gasteiger charge is 2.11. The molecule has 0 aliphatic rings. The molecule has 0 spiro atoms. The summed E-state index contributed by atoms with van der Waals surface area (Å²) in [6, 6.07) is 5.54. The van der Waals surface area contributed by atoms with Crippen LogP contribution < -0.4 is 4.74 Å². The Hall–Kier alpha value is -1.65. The van der Waals surface area contributed by atoms with Gasteiger partial charge in [-0.1, -0.05) is 11.6 Å². The molecule has 0 aliphatic heterocycles. The molecule has 0 unspecified atom stereocenters. The Morgan fingerprint density at radius 3 is 2.78 bits per heavy atom. The first-order chi connectivity index (χ1) is 8.56. The van der Waals surface area contributed by atoms with Crippen LogP contribution in [0.25, 0.3) is 0 Å². The Morgan fingerprint density at radius 1 is 1.33 bits per heavy atom. The van der Waals surface area contributed by atoms with Gasteiger partial charge < -0.3 is 9.84 Å². The van der Waals surface area contributed by atoms with Gasteiger partial charge in [0.2, 0.25) is 0 Å². The number of hydrogen-bond donors (Lipinski definition) is 1. The van der Waals surface area contributed by atoms with Crippen molar-refractivity contribution in [3.05, 3.63) is 53.1 Å². The minimum absolute atomic E-state index is 0.370. The Labute approximate surface area is 109 Å². The van der Waals surface area contributed by atoms with Crippen LogP contribution in [-0.4, -0.2) is 10.1 Å². The van der Waals surface area contributed by atoms with Crippen LogP contribution in [0.4, 0.5) is 4.39 Å². The summed E-state index contributed by atoms with van der Waals surface area (Å²) in [6.07, 6.45) is 2.14. The molecule has 1 heterocycles. The van der Waals surface area contributed by atoms with E-state index in [4.69, 9.17) is 16.3 Å². The lowest BCUT2D eigenvalue weighted by Crippen LogP contribution is -1.97. The summed E-state index contributed by atoms with van der Waals surface area (Å²) in [5, 5.41) is 10.0. The van der Waals surface area contributed by atoms with Crippen LogP contribution in [-0.2, 0) is 0 Å². The summed E-state index contributed by atoms with van der Waals surface area (Å²) in [5.74, 6) is 0.369.